The molecule has 2 rings (SSSR count). The summed E-state index contributed by atoms with van der Waals surface area (Å²) in [6.45, 7) is 2.56. The molecule has 2 N–H and O–H groups in total. The van der Waals surface area contributed by atoms with Crippen LogP contribution in [0.5, 0.6) is 0 Å². The van der Waals surface area contributed by atoms with E-state index in [4.69, 9.17) is 5.11 Å². The van der Waals surface area contributed by atoms with Crippen molar-refractivity contribution < 1.29 is 18.3 Å². The summed E-state index contributed by atoms with van der Waals surface area (Å²) in [5, 5.41) is 8.63. The summed E-state index contributed by atoms with van der Waals surface area (Å²) >= 11 is 0. The number of carboxylic acid groups (broad SMARTS) is 1. The number of carbonyl (C=O) groups is 1. The molecule has 5 nitrogen and oxygen atoms in total. The van der Waals surface area contributed by atoms with Crippen LogP contribution in [0, 0.1) is 5.41 Å². The molecule has 0 aromatic heterocycles. The maximum Gasteiger partial charge on any atom is 0.303 e. The van der Waals surface area contributed by atoms with Gasteiger partial charge in [-0.3, -0.25) is 4.79 Å². The number of aryl methyl sites for hydroxylation is 1. The fraction of sp³-hybridized carbons (Fsp3) is 0.533. The lowest BCUT2D eigenvalue weighted by Gasteiger charge is -2.38. The zero-order chi connectivity index (χ0) is 15.5. The standard InChI is InChI=1S/C15H21NO4S/c1-15(9-2-10-15)11-16-21(19,20)13-6-3-12(4-7-13)5-8-14(17)18/h3-4,6-7,16H,2,5,8-11H2,1H3,(H,17,18). The zero-order valence-electron chi connectivity index (χ0n) is 12.1. The quantitative estimate of drug-likeness (QED) is 0.808. The van der Waals surface area contributed by atoms with Crippen LogP contribution in [-0.2, 0) is 21.2 Å². The molecule has 0 amide bonds. The Bertz CT molecular complexity index is 603. The number of hydrogen-bond donors (Lipinski definition) is 2. The molecule has 1 aliphatic carbocycles. The van der Waals surface area contributed by atoms with Gasteiger partial charge in [0.15, 0.2) is 0 Å². The van der Waals surface area contributed by atoms with Crippen molar-refractivity contribution in [3.63, 3.8) is 0 Å². The van der Waals surface area contributed by atoms with Gasteiger partial charge < -0.3 is 5.11 Å². The molecular weight excluding hydrogens is 290 g/mol. The molecule has 0 radical (unpaired) electrons. The van der Waals surface area contributed by atoms with Crippen molar-refractivity contribution in [2.24, 2.45) is 5.41 Å². The first-order chi connectivity index (χ1) is 9.81. The maximum absolute atomic E-state index is 12.2. The Morgan fingerprint density at radius 2 is 1.90 bits per heavy atom. The first kappa shape index (κ1) is 16.0. The molecule has 1 aromatic rings. The van der Waals surface area contributed by atoms with Gasteiger partial charge in [-0.2, -0.15) is 0 Å². The molecule has 0 saturated heterocycles. The molecule has 116 valence electrons. The van der Waals surface area contributed by atoms with Crippen molar-refractivity contribution in [2.75, 3.05) is 6.54 Å². The molecule has 1 fully saturated rings. The molecule has 6 heteroatoms. The lowest BCUT2D eigenvalue weighted by molar-refractivity contribution is -0.136. The molecule has 1 aliphatic rings. The van der Waals surface area contributed by atoms with Gasteiger partial charge in [-0.15, -0.1) is 0 Å². The first-order valence-corrected chi connectivity index (χ1v) is 8.60. The first-order valence-electron chi connectivity index (χ1n) is 7.11. The summed E-state index contributed by atoms with van der Waals surface area (Å²) in [6.07, 6.45) is 3.73. The summed E-state index contributed by atoms with van der Waals surface area (Å²) in [7, 11) is -3.48. The second-order valence-electron chi connectivity index (χ2n) is 6.03. The van der Waals surface area contributed by atoms with Crippen LogP contribution in [0.3, 0.4) is 0 Å². The van der Waals surface area contributed by atoms with Crippen molar-refractivity contribution in [3.05, 3.63) is 29.8 Å². The van der Waals surface area contributed by atoms with Crippen LogP contribution >= 0.6 is 0 Å². The van der Waals surface area contributed by atoms with Crippen molar-refractivity contribution >= 4 is 16.0 Å². The van der Waals surface area contributed by atoms with Crippen molar-refractivity contribution in [2.45, 2.75) is 43.9 Å². The van der Waals surface area contributed by atoms with Crippen molar-refractivity contribution in [1.82, 2.24) is 4.72 Å². The molecule has 0 unspecified atom stereocenters. The fourth-order valence-electron chi connectivity index (χ4n) is 2.40. The molecule has 0 bridgehead atoms. The highest BCUT2D eigenvalue weighted by Crippen LogP contribution is 2.39. The molecule has 21 heavy (non-hydrogen) atoms. The summed E-state index contributed by atoms with van der Waals surface area (Å²) in [5.41, 5.74) is 0.913. The van der Waals surface area contributed by atoms with Gasteiger partial charge in [0.2, 0.25) is 10.0 Å². The van der Waals surface area contributed by atoms with E-state index in [1.54, 1.807) is 12.1 Å². The average Bonchev–Trinajstić information content (AvgIpc) is 2.41. The predicted octanol–water partition coefficient (Wildman–Crippen LogP) is 2.17. The highest BCUT2D eigenvalue weighted by molar-refractivity contribution is 7.89. The number of benzene rings is 1. The molecule has 1 saturated carbocycles. The van der Waals surface area contributed by atoms with E-state index in [9.17, 15) is 13.2 Å². The van der Waals surface area contributed by atoms with Crippen LogP contribution in [0.2, 0.25) is 0 Å². The Labute approximate surface area is 125 Å². The van der Waals surface area contributed by atoms with Crippen LogP contribution in [-0.4, -0.2) is 26.0 Å². The van der Waals surface area contributed by atoms with E-state index in [2.05, 4.69) is 11.6 Å². The third-order valence-electron chi connectivity index (χ3n) is 4.11. The second-order valence-corrected chi connectivity index (χ2v) is 7.79. The van der Waals surface area contributed by atoms with E-state index >= 15 is 0 Å². The van der Waals surface area contributed by atoms with Gasteiger partial charge in [0.05, 0.1) is 4.90 Å². The van der Waals surface area contributed by atoms with Gasteiger partial charge in [-0.25, -0.2) is 13.1 Å². The molecule has 1 aromatic carbocycles. The number of nitrogens with one attached hydrogen (secondary N) is 1. The normalized spacial score (nSPS) is 17.2. The van der Waals surface area contributed by atoms with E-state index in [1.807, 2.05) is 0 Å². The number of hydrogen-bond acceptors (Lipinski definition) is 3. The Kier molecular flexibility index (Phi) is 4.68. The summed E-state index contributed by atoms with van der Waals surface area (Å²) in [5.74, 6) is -0.859. The van der Waals surface area contributed by atoms with E-state index < -0.39 is 16.0 Å². The number of rotatable bonds is 7. The van der Waals surface area contributed by atoms with E-state index in [-0.39, 0.29) is 16.7 Å². The van der Waals surface area contributed by atoms with Gasteiger partial charge in [-0.1, -0.05) is 25.5 Å². The largest absolute Gasteiger partial charge is 0.481 e. The van der Waals surface area contributed by atoms with Crippen LogP contribution in [0.15, 0.2) is 29.2 Å². The minimum absolute atomic E-state index is 0.0443. The van der Waals surface area contributed by atoms with Gasteiger partial charge >= 0.3 is 5.97 Å². The summed E-state index contributed by atoms with van der Waals surface area (Å²) in [4.78, 5) is 10.7. The van der Waals surface area contributed by atoms with Gasteiger partial charge in [0, 0.05) is 13.0 Å². The van der Waals surface area contributed by atoms with Crippen molar-refractivity contribution in [1.29, 1.82) is 0 Å². The Morgan fingerprint density at radius 1 is 1.29 bits per heavy atom. The van der Waals surface area contributed by atoms with E-state index in [1.165, 1.54) is 12.1 Å². The summed E-state index contributed by atoms with van der Waals surface area (Å²) in [6, 6.07) is 6.40. The molecule has 0 heterocycles. The molecule has 0 atom stereocenters. The molecule has 0 spiro atoms. The third-order valence-corrected chi connectivity index (χ3v) is 5.53. The van der Waals surface area contributed by atoms with Crippen LogP contribution in [0.25, 0.3) is 0 Å². The Morgan fingerprint density at radius 3 is 2.38 bits per heavy atom. The average molecular weight is 311 g/mol. The van der Waals surface area contributed by atoms with Crippen LogP contribution < -0.4 is 4.72 Å². The molecular formula is C15H21NO4S. The monoisotopic (exact) mass is 311 g/mol. The lowest BCUT2D eigenvalue weighted by Crippen LogP contribution is -2.39. The van der Waals surface area contributed by atoms with Crippen molar-refractivity contribution in [3.8, 4) is 0 Å². The molecule has 0 aliphatic heterocycles. The smallest absolute Gasteiger partial charge is 0.303 e. The van der Waals surface area contributed by atoms with Gasteiger partial charge in [0.25, 0.3) is 0 Å². The number of carboxylic acids is 1. The Hall–Kier alpha value is -1.40. The summed E-state index contributed by atoms with van der Waals surface area (Å²) < 4.78 is 27.0. The predicted molar refractivity (Wildman–Crippen MR) is 79.5 cm³/mol. The van der Waals surface area contributed by atoms with E-state index in [0.717, 1.165) is 24.8 Å². The fourth-order valence-corrected chi connectivity index (χ4v) is 3.60. The van der Waals surface area contributed by atoms with Gasteiger partial charge in [0.1, 0.15) is 0 Å². The third kappa shape index (κ3) is 4.28. The second kappa shape index (κ2) is 6.15. The highest BCUT2D eigenvalue weighted by Gasteiger charge is 2.32. The topological polar surface area (TPSA) is 83.5 Å². The lowest BCUT2D eigenvalue weighted by atomic mass is 9.71. The zero-order valence-corrected chi connectivity index (χ0v) is 12.9. The highest BCUT2D eigenvalue weighted by atomic mass is 32.2. The van der Waals surface area contributed by atoms with Crippen LogP contribution in [0.1, 0.15) is 38.2 Å². The number of sulfonamides is 1. The number of aliphatic carboxylic acids is 1. The SMILES string of the molecule is CC1(CNS(=O)(=O)c2ccc(CCC(=O)O)cc2)CCC1. The minimum Gasteiger partial charge on any atom is -0.481 e. The Balaban J connectivity index is 1.97. The minimum atomic E-state index is -3.48. The van der Waals surface area contributed by atoms with Crippen LogP contribution in [0.4, 0.5) is 0 Å². The maximum atomic E-state index is 12.2. The van der Waals surface area contributed by atoms with Gasteiger partial charge in [-0.05, 0) is 42.4 Å². The van der Waals surface area contributed by atoms with E-state index in [0.29, 0.717) is 13.0 Å².